The van der Waals surface area contributed by atoms with Crippen molar-refractivity contribution in [1.29, 1.82) is 0 Å². The lowest BCUT2D eigenvalue weighted by Crippen LogP contribution is -2.42. The summed E-state index contributed by atoms with van der Waals surface area (Å²) in [6.07, 6.45) is 0. The third-order valence-electron chi connectivity index (χ3n) is 1.76. The Morgan fingerprint density at radius 2 is 2.00 bits per heavy atom. The average molecular weight is 187 g/mol. The molecular weight excluding hydrogens is 174 g/mol. The number of carbonyl (C=O) groups is 2. The number of esters is 1. The molecule has 74 valence electrons. The molecule has 1 fully saturated rings. The second-order valence-electron chi connectivity index (χ2n) is 2.77. The lowest BCUT2D eigenvalue weighted by molar-refractivity contribution is -0.152. The Kier molecular flexibility index (Phi) is 3.70. The van der Waals surface area contributed by atoms with Gasteiger partial charge in [0.2, 0.25) is 0 Å². The molecule has 5 heteroatoms. The van der Waals surface area contributed by atoms with Crippen LogP contribution in [0.4, 0.5) is 0 Å². The lowest BCUT2D eigenvalue weighted by Gasteiger charge is -2.26. The lowest BCUT2D eigenvalue weighted by atomic mass is 10.4. The minimum Gasteiger partial charge on any atom is -0.456 e. The maximum Gasteiger partial charge on any atom is 0.303 e. The van der Waals surface area contributed by atoms with Crippen LogP contribution in [0.1, 0.15) is 6.92 Å². The number of rotatable bonds is 2. The van der Waals surface area contributed by atoms with Gasteiger partial charge in [0, 0.05) is 20.0 Å². The average Bonchev–Trinajstić information content (AvgIpc) is 2.15. The Morgan fingerprint density at radius 3 is 2.54 bits per heavy atom. The monoisotopic (exact) mass is 187 g/mol. The van der Waals surface area contributed by atoms with E-state index in [0.717, 1.165) is 0 Å². The molecule has 0 spiro atoms. The highest BCUT2D eigenvalue weighted by molar-refractivity contribution is 5.80. The zero-order valence-corrected chi connectivity index (χ0v) is 7.62. The molecule has 0 bridgehead atoms. The SMILES string of the molecule is CC(=O)OCC(=O)N1CCOCC1. The quantitative estimate of drug-likeness (QED) is 0.542. The molecule has 5 nitrogen and oxygen atoms in total. The van der Waals surface area contributed by atoms with Crippen molar-refractivity contribution >= 4 is 11.9 Å². The fraction of sp³-hybridized carbons (Fsp3) is 0.750. The van der Waals surface area contributed by atoms with Crippen LogP contribution in [0.3, 0.4) is 0 Å². The molecular formula is C8H13NO4. The molecule has 13 heavy (non-hydrogen) atoms. The van der Waals surface area contributed by atoms with E-state index in [4.69, 9.17) is 4.74 Å². The van der Waals surface area contributed by atoms with E-state index in [1.54, 1.807) is 4.90 Å². The van der Waals surface area contributed by atoms with Crippen LogP contribution in [0.2, 0.25) is 0 Å². The van der Waals surface area contributed by atoms with Gasteiger partial charge in [0.25, 0.3) is 5.91 Å². The molecule has 1 aliphatic heterocycles. The number of amides is 1. The minimum absolute atomic E-state index is 0.154. The van der Waals surface area contributed by atoms with Crippen molar-refractivity contribution in [3.63, 3.8) is 0 Å². The number of carbonyl (C=O) groups excluding carboxylic acids is 2. The summed E-state index contributed by atoms with van der Waals surface area (Å²) in [5, 5.41) is 0. The first kappa shape index (κ1) is 9.98. The Morgan fingerprint density at radius 1 is 1.38 bits per heavy atom. The minimum atomic E-state index is -0.429. The van der Waals surface area contributed by atoms with E-state index in [1.165, 1.54) is 6.92 Å². The summed E-state index contributed by atoms with van der Waals surface area (Å²) < 4.78 is 9.66. The van der Waals surface area contributed by atoms with E-state index in [1.807, 2.05) is 0 Å². The topological polar surface area (TPSA) is 55.8 Å². The fourth-order valence-corrected chi connectivity index (χ4v) is 1.07. The van der Waals surface area contributed by atoms with Gasteiger partial charge in [0.05, 0.1) is 13.2 Å². The molecule has 0 aromatic rings. The van der Waals surface area contributed by atoms with Crippen LogP contribution in [0, 0.1) is 0 Å². The van der Waals surface area contributed by atoms with Gasteiger partial charge in [-0.25, -0.2) is 0 Å². The first-order valence-corrected chi connectivity index (χ1v) is 4.19. The molecule has 0 aliphatic carbocycles. The molecule has 0 N–H and O–H groups in total. The van der Waals surface area contributed by atoms with Crippen molar-refractivity contribution in [3.05, 3.63) is 0 Å². The Balaban J connectivity index is 2.25. The largest absolute Gasteiger partial charge is 0.456 e. The molecule has 1 amide bonds. The summed E-state index contributed by atoms with van der Waals surface area (Å²) in [6.45, 7) is 3.42. The highest BCUT2D eigenvalue weighted by Crippen LogP contribution is 1.97. The van der Waals surface area contributed by atoms with Crippen molar-refractivity contribution in [2.24, 2.45) is 0 Å². The summed E-state index contributed by atoms with van der Waals surface area (Å²) in [7, 11) is 0. The van der Waals surface area contributed by atoms with Gasteiger partial charge in [0.15, 0.2) is 6.61 Å². The van der Waals surface area contributed by atoms with Crippen molar-refractivity contribution in [2.75, 3.05) is 32.9 Å². The van der Waals surface area contributed by atoms with Gasteiger partial charge in [-0.3, -0.25) is 9.59 Å². The number of hydrogen-bond acceptors (Lipinski definition) is 4. The van der Waals surface area contributed by atoms with E-state index in [9.17, 15) is 9.59 Å². The Bertz CT molecular complexity index is 198. The zero-order chi connectivity index (χ0) is 9.68. The van der Waals surface area contributed by atoms with Gasteiger partial charge in [-0.05, 0) is 0 Å². The normalized spacial score (nSPS) is 16.8. The van der Waals surface area contributed by atoms with Gasteiger partial charge in [-0.15, -0.1) is 0 Å². The van der Waals surface area contributed by atoms with Crippen LogP contribution in [-0.4, -0.2) is 49.7 Å². The maximum atomic E-state index is 11.3. The van der Waals surface area contributed by atoms with Crippen LogP contribution >= 0.6 is 0 Å². The highest BCUT2D eigenvalue weighted by Gasteiger charge is 2.17. The van der Waals surface area contributed by atoms with Crippen molar-refractivity contribution in [3.8, 4) is 0 Å². The number of ether oxygens (including phenoxy) is 2. The van der Waals surface area contributed by atoms with E-state index >= 15 is 0 Å². The molecule has 1 saturated heterocycles. The molecule has 0 aromatic heterocycles. The van der Waals surface area contributed by atoms with Crippen molar-refractivity contribution in [2.45, 2.75) is 6.92 Å². The van der Waals surface area contributed by atoms with Crippen molar-refractivity contribution in [1.82, 2.24) is 4.90 Å². The standard InChI is InChI=1S/C8H13NO4/c1-7(10)13-6-8(11)9-2-4-12-5-3-9/h2-6H2,1H3. The predicted molar refractivity (Wildman–Crippen MR) is 44.0 cm³/mol. The first-order chi connectivity index (χ1) is 6.20. The van der Waals surface area contributed by atoms with E-state index in [-0.39, 0.29) is 12.5 Å². The molecule has 1 heterocycles. The molecule has 1 aliphatic rings. The Labute approximate surface area is 76.6 Å². The van der Waals surface area contributed by atoms with Gasteiger partial charge in [-0.2, -0.15) is 0 Å². The van der Waals surface area contributed by atoms with Crippen LogP contribution in [0.15, 0.2) is 0 Å². The third-order valence-corrected chi connectivity index (χ3v) is 1.76. The van der Waals surface area contributed by atoms with Gasteiger partial charge < -0.3 is 14.4 Å². The second-order valence-corrected chi connectivity index (χ2v) is 2.77. The highest BCUT2D eigenvalue weighted by atomic mass is 16.5. The molecule has 0 atom stereocenters. The Hall–Kier alpha value is -1.10. The van der Waals surface area contributed by atoms with Gasteiger partial charge in [-0.1, -0.05) is 0 Å². The van der Waals surface area contributed by atoms with Crippen molar-refractivity contribution < 1.29 is 19.1 Å². The zero-order valence-electron chi connectivity index (χ0n) is 7.62. The van der Waals surface area contributed by atoms with E-state index in [0.29, 0.717) is 26.3 Å². The summed E-state index contributed by atoms with van der Waals surface area (Å²) in [5.74, 6) is -0.583. The summed E-state index contributed by atoms with van der Waals surface area (Å²) >= 11 is 0. The maximum absolute atomic E-state index is 11.3. The van der Waals surface area contributed by atoms with Crippen LogP contribution < -0.4 is 0 Å². The van der Waals surface area contributed by atoms with Crippen LogP contribution in [0.25, 0.3) is 0 Å². The summed E-state index contributed by atoms with van der Waals surface area (Å²) in [5.41, 5.74) is 0. The number of nitrogens with zero attached hydrogens (tertiary/aromatic N) is 1. The summed E-state index contributed by atoms with van der Waals surface area (Å²) in [4.78, 5) is 23.3. The van der Waals surface area contributed by atoms with E-state index < -0.39 is 5.97 Å². The smallest absolute Gasteiger partial charge is 0.303 e. The number of hydrogen-bond donors (Lipinski definition) is 0. The second kappa shape index (κ2) is 4.81. The molecule has 0 saturated carbocycles. The number of morpholine rings is 1. The van der Waals surface area contributed by atoms with Gasteiger partial charge in [0.1, 0.15) is 0 Å². The molecule has 1 rings (SSSR count). The predicted octanol–water partition coefficient (Wildman–Crippen LogP) is -0.592. The molecule has 0 radical (unpaired) electrons. The molecule has 0 unspecified atom stereocenters. The first-order valence-electron chi connectivity index (χ1n) is 4.19. The van der Waals surface area contributed by atoms with Crippen LogP contribution in [-0.2, 0) is 19.1 Å². The fourth-order valence-electron chi connectivity index (χ4n) is 1.07. The van der Waals surface area contributed by atoms with Gasteiger partial charge >= 0.3 is 5.97 Å². The summed E-state index contributed by atoms with van der Waals surface area (Å²) in [6, 6.07) is 0. The van der Waals surface area contributed by atoms with Crippen LogP contribution in [0.5, 0.6) is 0 Å². The third kappa shape index (κ3) is 3.42. The molecule has 0 aromatic carbocycles. The van der Waals surface area contributed by atoms with E-state index in [2.05, 4.69) is 4.74 Å².